The molecule has 146 valence electrons. The van der Waals surface area contributed by atoms with Crippen molar-refractivity contribution in [3.05, 3.63) is 60.2 Å². The summed E-state index contributed by atoms with van der Waals surface area (Å²) < 4.78 is 5.07. The van der Waals surface area contributed by atoms with Crippen molar-refractivity contribution in [3.63, 3.8) is 0 Å². The van der Waals surface area contributed by atoms with E-state index in [0.717, 1.165) is 10.5 Å². The Morgan fingerprint density at radius 2 is 1.86 bits per heavy atom. The quantitative estimate of drug-likeness (QED) is 0.748. The number of methoxy groups -OCH3 is 1. The predicted molar refractivity (Wildman–Crippen MR) is 106 cm³/mol. The number of aryl methyl sites for hydroxylation is 1. The van der Waals surface area contributed by atoms with Gasteiger partial charge in [0.15, 0.2) is 0 Å². The summed E-state index contributed by atoms with van der Waals surface area (Å²) in [6.07, 6.45) is -0.120. The molecule has 2 aromatic carbocycles. The van der Waals surface area contributed by atoms with Crippen LogP contribution >= 0.6 is 0 Å². The monoisotopic (exact) mass is 381 g/mol. The van der Waals surface area contributed by atoms with Gasteiger partial charge in [-0.3, -0.25) is 9.59 Å². The maximum Gasteiger partial charge on any atom is 0.332 e. The molecule has 0 unspecified atom stereocenters. The lowest BCUT2D eigenvalue weighted by Gasteiger charge is -2.21. The molecule has 3 rings (SSSR count). The highest BCUT2D eigenvalue weighted by molar-refractivity contribution is 6.22. The van der Waals surface area contributed by atoms with Gasteiger partial charge in [0.05, 0.1) is 18.7 Å². The third-order valence-electron chi connectivity index (χ3n) is 4.55. The highest BCUT2D eigenvalue weighted by Gasteiger charge is 2.46. The lowest BCUT2D eigenvalue weighted by atomic mass is 10.1. The molecular weight excluding hydrogens is 358 g/mol. The maximum atomic E-state index is 13.0. The van der Waals surface area contributed by atoms with E-state index < -0.39 is 18.0 Å². The zero-order valence-corrected chi connectivity index (χ0v) is 15.9. The van der Waals surface area contributed by atoms with Crippen LogP contribution in [0.25, 0.3) is 0 Å². The van der Waals surface area contributed by atoms with E-state index in [2.05, 4.69) is 5.32 Å². The Kier molecular flexibility index (Phi) is 6.06. The predicted octanol–water partition coefficient (Wildman–Crippen LogP) is 2.81. The molecule has 0 saturated carbocycles. The van der Waals surface area contributed by atoms with Gasteiger partial charge in [-0.1, -0.05) is 30.3 Å². The summed E-state index contributed by atoms with van der Waals surface area (Å²) >= 11 is 0. The van der Waals surface area contributed by atoms with Crippen LogP contribution in [0.4, 0.5) is 16.2 Å². The van der Waals surface area contributed by atoms with Crippen LogP contribution in [0.2, 0.25) is 0 Å². The third-order valence-corrected chi connectivity index (χ3v) is 4.55. The number of benzene rings is 2. The van der Waals surface area contributed by atoms with Gasteiger partial charge < -0.3 is 15.0 Å². The number of nitrogens with zero attached hydrogens (tertiary/aromatic N) is 2. The van der Waals surface area contributed by atoms with Crippen LogP contribution in [0.5, 0.6) is 0 Å². The molecule has 0 aliphatic carbocycles. The molecule has 1 fully saturated rings. The van der Waals surface area contributed by atoms with Crippen molar-refractivity contribution < 1.29 is 19.1 Å². The standard InChI is InChI=1S/C21H23N3O4/c1-15-7-6-10-17(13-15)24-20(26)18(23(21(24)27)11-12-28-2)14-19(25)22-16-8-4-3-5-9-16/h3-10,13,18H,11-12,14H2,1-2H3,(H,22,25)/t18-/m1/s1. The van der Waals surface area contributed by atoms with Crippen LogP contribution in [0.3, 0.4) is 0 Å². The van der Waals surface area contributed by atoms with Crippen LogP contribution in [-0.4, -0.2) is 49.0 Å². The zero-order valence-electron chi connectivity index (χ0n) is 15.9. The number of imide groups is 1. The Bertz CT molecular complexity index is 869. The second kappa shape index (κ2) is 8.67. The van der Waals surface area contributed by atoms with Gasteiger partial charge in [0.2, 0.25) is 5.91 Å². The van der Waals surface area contributed by atoms with E-state index in [1.165, 1.54) is 12.0 Å². The van der Waals surface area contributed by atoms with Crippen molar-refractivity contribution >= 4 is 29.2 Å². The largest absolute Gasteiger partial charge is 0.383 e. The van der Waals surface area contributed by atoms with Crippen LogP contribution in [-0.2, 0) is 14.3 Å². The summed E-state index contributed by atoms with van der Waals surface area (Å²) in [5, 5.41) is 2.77. The fourth-order valence-electron chi connectivity index (χ4n) is 3.19. The summed E-state index contributed by atoms with van der Waals surface area (Å²) in [6, 6.07) is 14.9. The van der Waals surface area contributed by atoms with Crippen LogP contribution in [0.1, 0.15) is 12.0 Å². The number of ether oxygens (including phenoxy) is 1. The number of carbonyl (C=O) groups excluding carboxylic acids is 3. The fraction of sp³-hybridized carbons (Fsp3) is 0.286. The van der Waals surface area contributed by atoms with Gasteiger partial charge in [-0.05, 0) is 36.8 Å². The lowest BCUT2D eigenvalue weighted by molar-refractivity contribution is -0.124. The molecule has 0 bridgehead atoms. The third kappa shape index (κ3) is 4.20. The summed E-state index contributed by atoms with van der Waals surface area (Å²) in [5.41, 5.74) is 2.08. The molecule has 1 N–H and O–H groups in total. The summed E-state index contributed by atoms with van der Waals surface area (Å²) in [7, 11) is 1.53. The number of hydrogen-bond acceptors (Lipinski definition) is 4. The van der Waals surface area contributed by atoms with E-state index in [-0.39, 0.29) is 25.5 Å². The summed E-state index contributed by atoms with van der Waals surface area (Å²) in [6.45, 7) is 2.39. The Morgan fingerprint density at radius 1 is 1.11 bits per heavy atom. The van der Waals surface area contributed by atoms with Gasteiger partial charge in [-0.2, -0.15) is 0 Å². The Labute approximate surface area is 163 Å². The number of rotatable bonds is 7. The lowest BCUT2D eigenvalue weighted by Crippen LogP contribution is -2.39. The average Bonchev–Trinajstić information content (AvgIpc) is 2.90. The van der Waals surface area contributed by atoms with Crippen LogP contribution in [0.15, 0.2) is 54.6 Å². The number of nitrogens with one attached hydrogen (secondary N) is 1. The minimum Gasteiger partial charge on any atom is -0.383 e. The van der Waals surface area contributed by atoms with E-state index in [0.29, 0.717) is 11.4 Å². The molecule has 0 radical (unpaired) electrons. The van der Waals surface area contributed by atoms with E-state index in [1.54, 1.807) is 30.3 Å². The molecule has 1 atom stereocenters. The first-order valence-electron chi connectivity index (χ1n) is 9.06. The number of urea groups is 1. The summed E-state index contributed by atoms with van der Waals surface area (Å²) in [5.74, 6) is -0.735. The molecule has 1 aliphatic heterocycles. The topological polar surface area (TPSA) is 79.0 Å². The number of hydrogen-bond donors (Lipinski definition) is 1. The van der Waals surface area contributed by atoms with Crippen molar-refractivity contribution in [3.8, 4) is 0 Å². The van der Waals surface area contributed by atoms with Crippen LogP contribution in [0, 0.1) is 6.92 Å². The first-order valence-corrected chi connectivity index (χ1v) is 9.06. The SMILES string of the molecule is COCCN1C(=O)N(c2cccc(C)c2)C(=O)[C@H]1CC(=O)Nc1ccccc1. The number of anilines is 2. The summed E-state index contributed by atoms with van der Waals surface area (Å²) in [4.78, 5) is 41.0. The van der Waals surface area contributed by atoms with Gasteiger partial charge >= 0.3 is 6.03 Å². The highest BCUT2D eigenvalue weighted by Crippen LogP contribution is 2.27. The van der Waals surface area contributed by atoms with Gasteiger partial charge in [0.1, 0.15) is 6.04 Å². The molecule has 0 spiro atoms. The molecule has 7 heteroatoms. The molecule has 28 heavy (non-hydrogen) atoms. The number of carbonyl (C=O) groups is 3. The van der Waals surface area contributed by atoms with E-state index in [4.69, 9.17) is 4.74 Å². The number of para-hydroxylation sites is 1. The van der Waals surface area contributed by atoms with E-state index in [9.17, 15) is 14.4 Å². The zero-order chi connectivity index (χ0) is 20.1. The van der Waals surface area contributed by atoms with Gasteiger partial charge in [-0.15, -0.1) is 0 Å². The molecule has 1 aliphatic rings. The Morgan fingerprint density at radius 3 is 2.54 bits per heavy atom. The average molecular weight is 381 g/mol. The smallest absolute Gasteiger partial charge is 0.332 e. The van der Waals surface area contributed by atoms with E-state index in [1.807, 2.05) is 31.2 Å². The van der Waals surface area contributed by atoms with Crippen molar-refractivity contribution in [2.24, 2.45) is 0 Å². The maximum absolute atomic E-state index is 13.0. The van der Waals surface area contributed by atoms with Crippen LogP contribution < -0.4 is 10.2 Å². The molecule has 1 heterocycles. The normalized spacial score (nSPS) is 16.6. The molecule has 1 saturated heterocycles. The van der Waals surface area contributed by atoms with Gasteiger partial charge in [-0.25, -0.2) is 9.69 Å². The van der Waals surface area contributed by atoms with Crippen molar-refractivity contribution in [1.29, 1.82) is 0 Å². The minimum absolute atomic E-state index is 0.120. The second-order valence-electron chi connectivity index (χ2n) is 6.62. The first-order chi connectivity index (χ1) is 13.5. The molecular formula is C21H23N3O4. The molecule has 2 aromatic rings. The van der Waals surface area contributed by atoms with Gasteiger partial charge in [0, 0.05) is 19.3 Å². The van der Waals surface area contributed by atoms with Crippen molar-refractivity contribution in [2.75, 3.05) is 30.5 Å². The second-order valence-corrected chi connectivity index (χ2v) is 6.62. The Balaban J connectivity index is 1.81. The highest BCUT2D eigenvalue weighted by atomic mass is 16.5. The number of amides is 4. The molecule has 7 nitrogen and oxygen atoms in total. The fourth-order valence-corrected chi connectivity index (χ4v) is 3.19. The Hall–Kier alpha value is -3.19. The van der Waals surface area contributed by atoms with Crippen molar-refractivity contribution in [2.45, 2.75) is 19.4 Å². The first kappa shape index (κ1) is 19.6. The van der Waals surface area contributed by atoms with Crippen molar-refractivity contribution in [1.82, 2.24) is 4.90 Å². The van der Waals surface area contributed by atoms with Gasteiger partial charge in [0.25, 0.3) is 5.91 Å². The van der Waals surface area contributed by atoms with E-state index >= 15 is 0 Å². The minimum atomic E-state index is -0.869. The molecule has 4 amide bonds. The molecule has 0 aromatic heterocycles.